The number of rotatable bonds is 1. The first-order valence-corrected chi connectivity index (χ1v) is 3.90. The van der Waals surface area contributed by atoms with Crippen molar-refractivity contribution >= 4 is 0 Å². The van der Waals surface area contributed by atoms with Crippen LogP contribution < -0.4 is 5.32 Å². The van der Waals surface area contributed by atoms with Crippen LogP contribution in [0.4, 0.5) is 0 Å². The van der Waals surface area contributed by atoms with E-state index in [2.05, 4.69) is 26.1 Å². The van der Waals surface area contributed by atoms with Crippen LogP contribution in [0.15, 0.2) is 0 Å². The van der Waals surface area contributed by atoms with Crippen molar-refractivity contribution in [2.45, 2.75) is 26.9 Å². The van der Waals surface area contributed by atoms with Crippen molar-refractivity contribution in [3.8, 4) is 0 Å². The Hall–Kier alpha value is -0.0800. The lowest BCUT2D eigenvalue weighted by Gasteiger charge is -2.24. The molecular formula is C8H19NO. The maximum Gasteiger partial charge on any atom is 0.0819 e. The molecule has 1 aliphatic heterocycles. The van der Waals surface area contributed by atoms with Crippen LogP contribution in [-0.2, 0) is 4.74 Å². The summed E-state index contributed by atoms with van der Waals surface area (Å²) in [5.41, 5.74) is 0. The van der Waals surface area contributed by atoms with Gasteiger partial charge in [-0.25, -0.2) is 0 Å². The lowest BCUT2D eigenvalue weighted by molar-refractivity contribution is 0.0600. The third kappa shape index (κ3) is 6.05. The van der Waals surface area contributed by atoms with E-state index in [-0.39, 0.29) is 0 Å². The summed E-state index contributed by atoms with van der Waals surface area (Å²) >= 11 is 0. The van der Waals surface area contributed by atoms with E-state index < -0.39 is 0 Å². The summed E-state index contributed by atoms with van der Waals surface area (Å²) < 4.78 is 4.92. The van der Waals surface area contributed by atoms with E-state index in [0.29, 0.717) is 6.10 Å². The molecule has 0 aromatic carbocycles. The number of nitrogens with one attached hydrogen (secondary N) is 1. The molecule has 1 rings (SSSR count). The summed E-state index contributed by atoms with van der Waals surface area (Å²) in [5, 5.41) is 3.09. The highest BCUT2D eigenvalue weighted by atomic mass is 16.5. The molecule has 62 valence electrons. The van der Waals surface area contributed by atoms with Crippen molar-refractivity contribution < 1.29 is 4.74 Å². The van der Waals surface area contributed by atoms with E-state index >= 15 is 0 Å². The standard InChI is InChI=1S/C4H9NO.C4H10/c1-6-4-2-5-3-4;1-4(2)3/h4-5H,2-3H2,1H3;4H,1-3H3. The van der Waals surface area contributed by atoms with Gasteiger partial charge in [0.1, 0.15) is 0 Å². The van der Waals surface area contributed by atoms with Gasteiger partial charge in [0.25, 0.3) is 0 Å². The monoisotopic (exact) mass is 145 g/mol. The van der Waals surface area contributed by atoms with Gasteiger partial charge in [-0.15, -0.1) is 0 Å². The third-order valence-corrected chi connectivity index (χ3v) is 1.08. The van der Waals surface area contributed by atoms with Crippen molar-refractivity contribution in [3.05, 3.63) is 0 Å². The molecule has 2 heteroatoms. The average Bonchev–Trinajstić information content (AvgIpc) is 1.59. The van der Waals surface area contributed by atoms with Gasteiger partial charge in [0.15, 0.2) is 0 Å². The largest absolute Gasteiger partial charge is 0.379 e. The number of ether oxygens (including phenoxy) is 1. The molecular weight excluding hydrogens is 126 g/mol. The van der Waals surface area contributed by atoms with Crippen molar-refractivity contribution in [1.82, 2.24) is 5.32 Å². The van der Waals surface area contributed by atoms with Gasteiger partial charge >= 0.3 is 0 Å². The fourth-order valence-corrected chi connectivity index (χ4v) is 0.429. The Labute approximate surface area is 64.0 Å². The highest BCUT2D eigenvalue weighted by Crippen LogP contribution is 1.92. The Morgan fingerprint density at radius 2 is 1.70 bits per heavy atom. The van der Waals surface area contributed by atoms with Crippen LogP contribution >= 0.6 is 0 Å². The molecule has 0 aliphatic carbocycles. The van der Waals surface area contributed by atoms with Gasteiger partial charge in [-0.2, -0.15) is 0 Å². The lowest BCUT2D eigenvalue weighted by Crippen LogP contribution is -2.47. The van der Waals surface area contributed by atoms with Crippen molar-refractivity contribution in [3.63, 3.8) is 0 Å². The van der Waals surface area contributed by atoms with E-state index in [4.69, 9.17) is 4.74 Å². The lowest BCUT2D eigenvalue weighted by atomic mass is 10.2. The summed E-state index contributed by atoms with van der Waals surface area (Å²) in [6, 6.07) is 0. The molecule has 0 aromatic heterocycles. The number of methoxy groups -OCH3 is 1. The Balaban J connectivity index is 0.000000180. The normalized spacial score (nSPS) is 17.7. The maximum atomic E-state index is 4.92. The topological polar surface area (TPSA) is 21.3 Å². The molecule has 10 heavy (non-hydrogen) atoms. The zero-order valence-corrected chi connectivity index (χ0v) is 7.48. The third-order valence-electron chi connectivity index (χ3n) is 1.08. The quantitative estimate of drug-likeness (QED) is 0.600. The molecule has 1 aliphatic rings. The first kappa shape index (κ1) is 9.92. The fraction of sp³-hybridized carbons (Fsp3) is 1.00. The minimum absolute atomic E-state index is 0.505. The predicted molar refractivity (Wildman–Crippen MR) is 44.2 cm³/mol. The van der Waals surface area contributed by atoms with E-state index in [0.717, 1.165) is 19.0 Å². The van der Waals surface area contributed by atoms with Gasteiger partial charge < -0.3 is 10.1 Å². The molecule has 2 nitrogen and oxygen atoms in total. The highest BCUT2D eigenvalue weighted by Gasteiger charge is 2.13. The molecule has 0 amide bonds. The molecule has 0 spiro atoms. The highest BCUT2D eigenvalue weighted by molar-refractivity contribution is 4.73. The van der Waals surface area contributed by atoms with E-state index in [9.17, 15) is 0 Å². The molecule has 1 saturated heterocycles. The van der Waals surface area contributed by atoms with Crippen LogP contribution in [-0.4, -0.2) is 26.3 Å². The average molecular weight is 145 g/mol. The van der Waals surface area contributed by atoms with Gasteiger partial charge in [0.2, 0.25) is 0 Å². The van der Waals surface area contributed by atoms with E-state index in [1.807, 2.05) is 0 Å². The minimum Gasteiger partial charge on any atom is -0.379 e. The van der Waals surface area contributed by atoms with Crippen molar-refractivity contribution in [2.75, 3.05) is 20.2 Å². The zero-order chi connectivity index (χ0) is 7.98. The second kappa shape index (κ2) is 5.69. The molecule has 0 bridgehead atoms. The SMILES string of the molecule is CC(C)C.COC1CNC1. The van der Waals surface area contributed by atoms with Gasteiger partial charge in [0.05, 0.1) is 6.10 Å². The zero-order valence-electron chi connectivity index (χ0n) is 7.48. The minimum atomic E-state index is 0.505. The van der Waals surface area contributed by atoms with Crippen LogP contribution in [0.25, 0.3) is 0 Å². The molecule has 0 aromatic rings. The van der Waals surface area contributed by atoms with E-state index in [1.54, 1.807) is 7.11 Å². The number of hydrogen-bond donors (Lipinski definition) is 1. The Bertz CT molecular complexity index is 64.1. The second-order valence-corrected chi connectivity index (χ2v) is 3.25. The van der Waals surface area contributed by atoms with Gasteiger partial charge in [0, 0.05) is 20.2 Å². The molecule has 1 fully saturated rings. The molecule has 0 unspecified atom stereocenters. The summed E-state index contributed by atoms with van der Waals surface area (Å²) in [6.45, 7) is 8.58. The van der Waals surface area contributed by atoms with Crippen LogP contribution in [0.3, 0.4) is 0 Å². The first-order chi connectivity index (χ1) is 4.66. The smallest absolute Gasteiger partial charge is 0.0819 e. The molecule has 0 saturated carbocycles. The Morgan fingerprint density at radius 1 is 1.30 bits per heavy atom. The molecule has 1 heterocycles. The Kier molecular flexibility index (Phi) is 5.64. The van der Waals surface area contributed by atoms with Crippen molar-refractivity contribution in [2.24, 2.45) is 5.92 Å². The van der Waals surface area contributed by atoms with Crippen LogP contribution in [0.2, 0.25) is 0 Å². The molecule has 0 atom stereocenters. The summed E-state index contributed by atoms with van der Waals surface area (Å²) in [4.78, 5) is 0. The predicted octanol–water partition coefficient (Wildman–Crippen LogP) is 1.27. The number of hydrogen-bond acceptors (Lipinski definition) is 2. The fourth-order valence-electron chi connectivity index (χ4n) is 0.429. The molecule has 1 N–H and O–H groups in total. The van der Waals surface area contributed by atoms with Gasteiger partial charge in [-0.3, -0.25) is 0 Å². The first-order valence-electron chi connectivity index (χ1n) is 3.90. The summed E-state index contributed by atoms with van der Waals surface area (Å²) in [6.07, 6.45) is 0.505. The Morgan fingerprint density at radius 3 is 1.70 bits per heavy atom. The van der Waals surface area contributed by atoms with Crippen LogP contribution in [0, 0.1) is 5.92 Å². The maximum absolute atomic E-state index is 4.92. The molecule has 0 radical (unpaired) electrons. The second-order valence-electron chi connectivity index (χ2n) is 3.25. The summed E-state index contributed by atoms with van der Waals surface area (Å²) in [7, 11) is 1.74. The summed E-state index contributed by atoms with van der Waals surface area (Å²) in [5.74, 6) is 0.833. The van der Waals surface area contributed by atoms with Gasteiger partial charge in [-0.05, 0) is 5.92 Å². The van der Waals surface area contributed by atoms with Crippen molar-refractivity contribution in [1.29, 1.82) is 0 Å². The van der Waals surface area contributed by atoms with Gasteiger partial charge in [-0.1, -0.05) is 20.8 Å². The van der Waals surface area contributed by atoms with E-state index in [1.165, 1.54) is 0 Å². The van der Waals surface area contributed by atoms with Crippen LogP contribution in [0.1, 0.15) is 20.8 Å². The van der Waals surface area contributed by atoms with Crippen LogP contribution in [0.5, 0.6) is 0 Å².